The van der Waals surface area contributed by atoms with Crippen LogP contribution in [0.25, 0.3) is 0 Å². The molecule has 0 amide bonds. The van der Waals surface area contributed by atoms with Crippen molar-refractivity contribution in [2.24, 2.45) is 10.7 Å². The Labute approximate surface area is 160 Å². The van der Waals surface area contributed by atoms with Crippen LogP contribution in [0.2, 0.25) is 0 Å². The zero-order valence-corrected chi connectivity index (χ0v) is 16.2. The number of nitrogens with two attached hydrogens (primary N) is 1. The number of anilines is 2. The van der Waals surface area contributed by atoms with E-state index in [2.05, 4.69) is 21.3 Å². The number of benzene rings is 1. The molecule has 27 heavy (non-hydrogen) atoms. The van der Waals surface area contributed by atoms with E-state index in [1.807, 2.05) is 31.2 Å². The summed E-state index contributed by atoms with van der Waals surface area (Å²) in [6.45, 7) is 4.56. The molecule has 1 aliphatic rings. The second kappa shape index (κ2) is 8.62. The van der Waals surface area contributed by atoms with Gasteiger partial charge in [0, 0.05) is 30.4 Å². The third-order valence-corrected chi connectivity index (χ3v) is 4.59. The standard InChI is InChI=1S/C20H27N5O2/c1-14-6-7-15(19(23-14)25-10-4-5-11-25)13-22-20(21)24-17-12-16(26-2)8-9-18(17)27-3/h6-9,12H,4-5,10-11,13H2,1-3H3,(H3,21,22,24). The van der Waals surface area contributed by atoms with Crippen LogP contribution in [0.5, 0.6) is 11.5 Å². The summed E-state index contributed by atoms with van der Waals surface area (Å²) in [6, 6.07) is 9.57. The highest BCUT2D eigenvalue weighted by atomic mass is 16.5. The first-order valence-electron chi connectivity index (χ1n) is 9.11. The van der Waals surface area contributed by atoms with E-state index in [-0.39, 0.29) is 0 Å². The molecule has 144 valence electrons. The molecule has 0 saturated carbocycles. The van der Waals surface area contributed by atoms with Gasteiger partial charge in [0.15, 0.2) is 5.96 Å². The average molecular weight is 369 g/mol. The average Bonchev–Trinajstić information content (AvgIpc) is 3.21. The largest absolute Gasteiger partial charge is 0.497 e. The third kappa shape index (κ3) is 4.61. The monoisotopic (exact) mass is 369 g/mol. The summed E-state index contributed by atoms with van der Waals surface area (Å²) in [5.74, 6) is 2.71. The van der Waals surface area contributed by atoms with Gasteiger partial charge < -0.3 is 25.4 Å². The van der Waals surface area contributed by atoms with Gasteiger partial charge in [-0.25, -0.2) is 9.98 Å². The molecule has 1 fully saturated rings. The van der Waals surface area contributed by atoms with Crippen molar-refractivity contribution in [3.05, 3.63) is 41.6 Å². The van der Waals surface area contributed by atoms with Gasteiger partial charge in [0.1, 0.15) is 17.3 Å². The number of methoxy groups -OCH3 is 2. The Hall–Kier alpha value is -2.96. The summed E-state index contributed by atoms with van der Waals surface area (Å²) >= 11 is 0. The van der Waals surface area contributed by atoms with Crippen LogP contribution in [0.3, 0.4) is 0 Å². The number of aryl methyl sites for hydroxylation is 1. The Morgan fingerprint density at radius 3 is 2.67 bits per heavy atom. The van der Waals surface area contributed by atoms with Gasteiger partial charge in [0.2, 0.25) is 0 Å². The van der Waals surface area contributed by atoms with Gasteiger partial charge in [-0.3, -0.25) is 0 Å². The molecule has 2 aromatic rings. The summed E-state index contributed by atoms with van der Waals surface area (Å²) in [6.07, 6.45) is 2.41. The van der Waals surface area contributed by atoms with Crippen molar-refractivity contribution in [1.82, 2.24) is 4.98 Å². The molecular weight excluding hydrogens is 342 g/mol. The molecule has 0 unspecified atom stereocenters. The number of pyridine rings is 1. The van der Waals surface area contributed by atoms with Crippen LogP contribution >= 0.6 is 0 Å². The van der Waals surface area contributed by atoms with Crippen LogP contribution in [0.4, 0.5) is 11.5 Å². The minimum absolute atomic E-state index is 0.314. The number of aromatic nitrogens is 1. The molecule has 1 aromatic heterocycles. The van der Waals surface area contributed by atoms with Gasteiger partial charge in [-0.2, -0.15) is 0 Å². The van der Waals surface area contributed by atoms with Gasteiger partial charge in [-0.1, -0.05) is 6.07 Å². The highest BCUT2D eigenvalue weighted by molar-refractivity contribution is 5.94. The minimum atomic E-state index is 0.314. The van der Waals surface area contributed by atoms with Crippen molar-refractivity contribution in [1.29, 1.82) is 0 Å². The SMILES string of the molecule is COc1ccc(OC)c(NC(N)=NCc2ccc(C)nc2N2CCCC2)c1. The van der Waals surface area contributed by atoms with E-state index in [0.29, 0.717) is 29.7 Å². The quantitative estimate of drug-likeness (QED) is 0.602. The minimum Gasteiger partial charge on any atom is -0.497 e. The number of nitrogens with zero attached hydrogens (tertiary/aromatic N) is 3. The summed E-state index contributed by atoms with van der Waals surface area (Å²) in [4.78, 5) is 11.6. The second-order valence-corrected chi connectivity index (χ2v) is 6.52. The van der Waals surface area contributed by atoms with Gasteiger partial charge in [0.05, 0.1) is 26.5 Å². The van der Waals surface area contributed by atoms with Gasteiger partial charge in [-0.05, 0) is 38.0 Å². The van der Waals surface area contributed by atoms with Crippen LogP contribution in [0, 0.1) is 6.92 Å². The zero-order valence-electron chi connectivity index (χ0n) is 16.2. The summed E-state index contributed by atoms with van der Waals surface area (Å²) in [5.41, 5.74) is 8.90. The van der Waals surface area contributed by atoms with E-state index >= 15 is 0 Å². The Bertz CT molecular complexity index is 816. The Balaban J connectivity index is 1.76. The Kier molecular flexibility index (Phi) is 6.01. The maximum Gasteiger partial charge on any atom is 0.193 e. The van der Waals surface area contributed by atoms with Gasteiger partial charge >= 0.3 is 0 Å². The number of rotatable bonds is 6. The lowest BCUT2D eigenvalue weighted by Gasteiger charge is -2.20. The summed E-state index contributed by atoms with van der Waals surface area (Å²) < 4.78 is 10.6. The fraction of sp³-hybridized carbons (Fsp3) is 0.400. The van der Waals surface area contributed by atoms with E-state index in [1.165, 1.54) is 12.8 Å². The van der Waals surface area contributed by atoms with Crippen molar-refractivity contribution in [3.63, 3.8) is 0 Å². The Morgan fingerprint density at radius 2 is 1.96 bits per heavy atom. The number of nitrogens with one attached hydrogen (secondary N) is 1. The van der Waals surface area contributed by atoms with Crippen molar-refractivity contribution < 1.29 is 9.47 Å². The third-order valence-electron chi connectivity index (χ3n) is 4.59. The molecule has 7 nitrogen and oxygen atoms in total. The second-order valence-electron chi connectivity index (χ2n) is 6.52. The highest BCUT2D eigenvalue weighted by Crippen LogP contribution is 2.29. The lowest BCUT2D eigenvalue weighted by molar-refractivity contribution is 0.405. The molecule has 3 N–H and O–H groups in total. The van der Waals surface area contributed by atoms with Gasteiger partial charge in [-0.15, -0.1) is 0 Å². The van der Waals surface area contributed by atoms with Crippen LogP contribution < -0.4 is 25.4 Å². The first kappa shape index (κ1) is 18.8. The van der Waals surface area contributed by atoms with Crippen LogP contribution in [0.15, 0.2) is 35.3 Å². The van der Waals surface area contributed by atoms with Crippen molar-refractivity contribution in [3.8, 4) is 11.5 Å². The first-order valence-corrected chi connectivity index (χ1v) is 9.11. The summed E-state index contributed by atoms with van der Waals surface area (Å²) in [5, 5.41) is 3.10. The number of ether oxygens (including phenoxy) is 2. The lowest BCUT2D eigenvalue weighted by Crippen LogP contribution is -2.24. The molecule has 7 heteroatoms. The number of hydrogen-bond donors (Lipinski definition) is 2. The Morgan fingerprint density at radius 1 is 1.19 bits per heavy atom. The van der Waals surface area contributed by atoms with Crippen LogP contribution in [-0.4, -0.2) is 38.3 Å². The normalized spacial score (nSPS) is 14.3. The molecule has 0 spiro atoms. The smallest absolute Gasteiger partial charge is 0.193 e. The first-order chi connectivity index (χ1) is 13.1. The van der Waals surface area contributed by atoms with E-state index in [1.54, 1.807) is 14.2 Å². The van der Waals surface area contributed by atoms with Crippen molar-refractivity contribution >= 4 is 17.5 Å². The van der Waals surface area contributed by atoms with Crippen LogP contribution in [-0.2, 0) is 6.54 Å². The molecule has 1 aliphatic heterocycles. The zero-order chi connectivity index (χ0) is 19.2. The molecule has 0 aliphatic carbocycles. The van der Waals surface area contributed by atoms with Gasteiger partial charge in [0.25, 0.3) is 0 Å². The molecule has 1 aromatic carbocycles. The number of hydrogen-bond acceptors (Lipinski definition) is 5. The number of aliphatic imine (C=N–C) groups is 1. The maximum absolute atomic E-state index is 6.11. The molecule has 2 heterocycles. The molecule has 3 rings (SSSR count). The van der Waals surface area contributed by atoms with E-state index in [0.717, 1.165) is 30.2 Å². The molecule has 1 saturated heterocycles. The fourth-order valence-corrected chi connectivity index (χ4v) is 3.16. The number of guanidine groups is 1. The van der Waals surface area contributed by atoms with E-state index < -0.39 is 0 Å². The predicted octanol–water partition coefficient (Wildman–Crippen LogP) is 2.93. The highest BCUT2D eigenvalue weighted by Gasteiger charge is 2.17. The molecule has 0 bridgehead atoms. The molecular formula is C20H27N5O2. The fourth-order valence-electron chi connectivity index (χ4n) is 3.16. The lowest BCUT2D eigenvalue weighted by atomic mass is 10.2. The van der Waals surface area contributed by atoms with Crippen LogP contribution in [0.1, 0.15) is 24.1 Å². The topological polar surface area (TPSA) is 85.0 Å². The molecule has 0 atom stereocenters. The van der Waals surface area contributed by atoms with Crippen molar-refractivity contribution in [2.45, 2.75) is 26.3 Å². The predicted molar refractivity (Wildman–Crippen MR) is 109 cm³/mol. The summed E-state index contributed by atoms with van der Waals surface area (Å²) in [7, 11) is 3.23. The van der Waals surface area contributed by atoms with E-state index in [4.69, 9.17) is 20.2 Å². The maximum atomic E-state index is 6.11. The van der Waals surface area contributed by atoms with E-state index in [9.17, 15) is 0 Å². The van der Waals surface area contributed by atoms with Crippen molar-refractivity contribution in [2.75, 3.05) is 37.5 Å². The molecule has 0 radical (unpaired) electrons.